The van der Waals surface area contributed by atoms with E-state index in [1.165, 1.54) is 17.0 Å². The van der Waals surface area contributed by atoms with Gasteiger partial charge in [0.1, 0.15) is 0 Å². The molecular weight excluding hydrogens is 206 g/mol. The molecule has 0 saturated carbocycles. The number of carbonyl (C=O) groups is 1. The molecule has 1 N–H and O–H groups in total. The van der Waals surface area contributed by atoms with Crippen molar-refractivity contribution in [3.05, 3.63) is 28.4 Å². The molecule has 0 aliphatic rings. The monoisotopic (exact) mass is 223 g/mol. The van der Waals surface area contributed by atoms with E-state index in [9.17, 15) is 9.59 Å². The number of hydrogen-bond donors (Lipinski definition) is 1. The van der Waals surface area contributed by atoms with Crippen molar-refractivity contribution in [1.82, 2.24) is 14.9 Å². The normalized spacial score (nSPS) is 10.1. The Morgan fingerprint density at radius 1 is 1.50 bits per heavy atom. The minimum absolute atomic E-state index is 0.00816. The lowest BCUT2D eigenvalue weighted by Gasteiger charge is -2.06. The Morgan fingerprint density at radius 3 is 2.81 bits per heavy atom. The Hall–Kier alpha value is -1.65. The van der Waals surface area contributed by atoms with Crippen molar-refractivity contribution in [3.63, 3.8) is 0 Å². The maximum atomic E-state index is 11.6. The van der Waals surface area contributed by atoms with Crippen molar-refractivity contribution < 1.29 is 4.79 Å². The van der Waals surface area contributed by atoms with Crippen molar-refractivity contribution >= 4 is 5.91 Å². The fraction of sp³-hybridized carbons (Fsp3) is 0.545. The smallest absolute Gasteiger partial charge is 0.253 e. The van der Waals surface area contributed by atoms with Crippen LogP contribution >= 0.6 is 0 Å². The number of hydrogen-bond acceptors (Lipinski definition) is 3. The van der Waals surface area contributed by atoms with E-state index >= 15 is 0 Å². The third-order valence-electron chi connectivity index (χ3n) is 2.29. The van der Waals surface area contributed by atoms with Crippen LogP contribution in [0.4, 0.5) is 0 Å². The highest BCUT2D eigenvalue weighted by molar-refractivity contribution is 5.75. The van der Waals surface area contributed by atoms with Crippen LogP contribution in [0.3, 0.4) is 0 Å². The van der Waals surface area contributed by atoms with Crippen molar-refractivity contribution in [2.24, 2.45) is 0 Å². The molecule has 1 aromatic heterocycles. The summed E-state index contributed by atoms with van der Waals surface area (Å²) < 4.78 is 1.50. The Balaban J connectivity index is 2.55. The number of carbonyl (C=O) groups excluding carboxylic acids is 1. The lowest BCUT2D eigenvalue weighted by Crippen LogP contribution is -2.30. The van der Waals surface area contributed by atoms with Gasteiger partial charge in [-0.2, -0.15) is 0 Å². The number of nitrogens with zero attached hydrogens (tertiary/aromatic N) is 2. The van der Waals surface area contributed by atoms with Crippen molar-refractivity contribution in [1.29, 1.82) is 0 Å². The van der Waals surface area contributed by atoms with Gasteiger partial charge >= 0.3 is 0 Å². The van der Waals surface area contributed by atoms with Crippen LogP contribution in [0.15, 0.2) is 17.2 Å². The lowest BCUT2D eigenvalue weighted by molar-refractivity contribution is -0.120. The number of amides is 1. The zero-order chi connectivity index (χ0) is 12.0. The second-order valence-corrected chi connectivity index (χ2v) is 3.47. The van der Waals surface area contributed by atoms with Gasteiger partial charge in [0.15, 0.2) is 0 Å². The van der Waals surface area contributed by atoms with Gasteiger partial charge in [0, 0.05) is 31.3 Å². The summed E-state index contributed by atoms with van der Waals surface area (Å²) in [6.07, 6.45) is 2.74. The third-order valence-corrected chi connectivity index (χ3v) is 2.29. The zero-order valence-corrected chi connectivity index (χ0v) is 9.69. The lowest BCUT2D eigenvalue weighted by atomic mass is 10.3. The van der Waals surface area contributed by atoms with E-state index in [2.05, 4.69) is 10.3 Å². The first-order valence-corrected chi connectivity index (χ1v) is 5.49. The van der Waals surface area contributed by atoms with Crippen LogP contribution in [-0.4, -0.2) is 22.0 Å². The number of aromatic nitrogens is 2. The second kappa shape index (κ2) is 6.05. The Morgan fingerprint density at radius 2 is 2.25 bits per heavy atom. The van der Waals surface area contributed by atoms with E-state index in [4.69, 9.17) is 0 Å². The molecular formula is C11H17N3O2. The van der Waals surface area contributed by atoms with Gasteiger partial charge in [0.25, 0.3) is 5.56 Å². The van der Waals surface area contributed by atoms with Crippen LogP contribution in [-0.2, 0) is 17.8 Å². The summed E-state index contributed by atoms with van der Waals surface area (Å²) in [6.45, 7) is 4.66. The van der Waals surface area contributed by atoms with E-state index < -0.39 is 0 Å². The summed E-state index contributed by atoms with van der Waals surface area (Å²) in [5.74, 6) is -0.00816. The highest BCUT2D eigenvalue weighted by atomic mass is 16.1. The fourth-order valence-electron chi connectivity index (χ4n) is 1.27. The van der Waals surface area contributed by atoms with E-state index in [0.717, 1.165) is 12.1 Å². The maximum Gasteiger partial charge on any atom is 0.253 e. The Bertz CT molecular complexity index is 412. The van der Waals surface area contributed by atoms with Crippen LogP contribution in [0.25, 0.3) is 0 Å². The molecule has 0 atom stereocenters. The quantitative estimate of drug-likeness (QED) is 0.782. The molecule has 0 fully saturated rings. The average molecular weight is 223 g/mol. The Labute approximate surface area is 94.5 Å². The van der Waals surface area contributed by atoms with Gasteiger partial charge in [-0.3, -0.25) is 14.2 Å². The summed E-state index contributed by atoms with van der Waals surface area (Å²) in [6, 6.07) is 1.53. The van der Waals surface area contributed by atoms with Crippen LogP contribution in [0, 0.1) is 0 Å². The number of rotatable bonds is 5. The summed E-state index contributed by atoms with van der Waals surface area (Å²) in [5, 5.41) is 2.71. The van der Waals surface area contributed by atoms with E-state index in [1.807, 2.05) is 6.92 Å². The molecule has 0 saturated heterocycles. The van der Waals surface area contributed by atoms with Gasteiger partial charge in [0.2, 0.25) is 5.91 Å². The van der Waals surface area contributed by atoms with Crippen LogP contribution < -0.4 is 10.9 Å². The topological polar surface area (TPSA) is 64.0 Å². The summed E-state index contributed by atoms with van der Waals surface area (Å²) in [7, 11) is 0. The van der Waals surface area contributed by atoms with Crippen LogP contribution in [0.2, 0.25) is 0 Å². The first-order chi connectivity index (χ1) is 7.67. The molecule has 0 bridgehead atoms. The molecule has 0 aliphatic carbocycles. The molecule has 5 heteroatoms. The van der Waals surface area contributed by atoms with Gasteiger partial charge < -0.3 is 5.32 Å². The third kappa shape index (κ3) is 3.49. The van der Waals surface area contributed by atoms with Crippen molar-refractivity contribution in [3.8, 4) is 0 Å². The predicted octanol–water partition coefficient (Wildman–Crippen LogP) is 0.332. The van der Waals surface area contributed by atoms with E-state index in [1.54, 1.807) is 6.92 Å². The Kier molecular flexibility index (Phi) is 4.69. The van der Waals surface area contributed by atoms with Crippen LogP contribution in [0.1, 0.15) is 26.0 Å². The minimum atomic E-state index is -0.0717. The first-order valence-electron chi connectivity index (χ1n) is 5.49. The predicted molar refractivity (Wildman–Crippen MR) is 61.2 cm³/mol. The SMILES string of the molecule is CCC(=O)NCCn1cnc(CC)cc1=O. The van der Waals surface area contributed by atoms with Gasteiger partial charge in [0.05, 0.1) is 6.33 Å². The standard InChI is InChI=1S/C11H17N3O2/c1-3-9-7-11(16)14(8-13-9)6-5-12-10(15)4-2/h7-8H,3-6H2,1-2H3,(H,12,15). The molecule has 0 aromatic carbocycles. The number of nitrogens with one attached hydrogen (secondary N) is 1. The largest absolute Gasteiger partial charge is 0.354 e. The molecule has 1 amide bonds. The van der Waals surface area contributed by atoms with Gasteiger partial charge in [-0.05, 0) is 6.42 Å². The summed E-state index contributed by atoms with van der Waals surface area (Å²) in [4.78, 5) is 26.7. The highest BCUT2D eigenvalue weighted by Crippen LogP contribution is 1.89. The molecule has 1 rings (SSSR count). The zero-order valence-electron chi connectivity index (χ0n) is 9.69. The second-order valence-electron chi connectivity index (χ2n) is 3.47. The molecule has 5 nitrogen and oxygen atoms in total. The molecule has 1 aromatic rings. The molecule has 0 radical (unpaired) electrons. The first kappa shape index (κ1) is 12.4. The molecule has 0 unspecified atom stereocenters. The fourth-order valence-corrected chi connectivity index (χ4v) is 1.27. The van der Waals surface area contributed by atoms with Crippen LogP contribution in [0.5, 0.6) is 0 Å². The van der Waals surface area contributed by atoms with Gasteiger partial charge in [-0.25, -0.2) is 4.98 Å². The highest BCUT2D eigenvalue weighted by Gasteiger charge is 1.99. The molecule has 1 heterocycles. The van der Waals surface area contributed by atoms with Gasteiger partial charge in [-0.1, -0.05) is 13.8 Å². The summed E-state index contributed by atoms with van der Waals surface area (Å²) in [5.41, 5.74) is 0.719. The summed E-state index contributed by atoms with van der Waals surface area (Å²) >= 11 is 0. The number of aryl methyl sites for hydroxylation is 1. The molecule has 0 aliphatic heterocycles. The van der Waals surface area contributed by atoms with E-state index in [-0.39, 0.29) is 11.5 Å². The van der Waals surface area contributed by atoms with E-state index in [0.29, 0.717) is 19.5 Å². The molecule has 16 heavy (non-hydrogen) atoms. The minimum Gasteiger partial charge on any atom is -0.354 e. The van der Waals surface area contributed by atoms with Crippen molar-refractivity contribution in [2.45, 2.75) is 33.2 Å². The van der Waals surface area contributed by atoms with Crippen molar-refractivity contribution in [2.75, 3.05) is 6.54 Å². The average Bonchev–Trinajstić information content (AvgIpc) is 2.30. The van der Waals surface area contributed by atoms with Gasteiger partial charge in [-0.15, -0.1) is 0 Å². The maximum absolute atomic E-state index is 11.6. The molecule has 0 spiro atoms. The molecule has 88 valence electrons.